The van der Waals surface area contributed by atoms with E-state index in [1.807, 2.05) is 6.92 Å². The zero-order chi connectivity index (χ0) is 22.2. The monoisotopic (exact) mass is 445 g/mol. The van der Waals surface area contributed by atoms with Crippen molar-refractivity contribution < 1.29 is 9.59 Å². The largest absolute Gasteiger partial charge is 0.294 e. The first kappa shape index (κ1) is 20.2. The lowest BCUT2D eigenvalue weighted by molar-refractivity contribution is 0.0655. The third kappa shape index (κ3) is 3.40. The molecule has 160 valence electrons. The van der Waals surface area contributed by atoms with Gasteiger partial charge in [-0.2, -0.15) is 0 Å². The topological polar surface area (TPSA) is 98.1 Å². The van der Waals surface area contributed by atoms with Crippen LogP contribution in [-0.2, 0) is 19.4 Å². The number of carbonyl (C=O) groups is 2. The van der Waals surface area contributed by atoms with E-state index in [4.69, 9.17) is 0 Å². The molecule has 4 heterocycles. The van der Waals surface area contributed by atoms with E-state index in [-0.39, 0.29) is 30.3 Å². The van der Waals surface area contributed by atoms with Gasteiger partial charge in [0.05, 0.1) is 27.8 Å². The van der Waals surface area contributed by atoms with Crippen LogP contribution in [0.4, 0.5) is 0 Å². The molecule has 3 aromatic heterocycles. The second kappa shape index (κ2) is 8.08. The van der Waals surface area contributed by atoms with Crippen LogP contribution in [0.3, 0.4) is 0 Å². The highest BCUT2D eigenvalue weighted by atomic mass is 32.1. The molecule has 5 rings (SSSR count). The van der Waals surface area contributed by atoms with Gasteiger partial charge in [-0.15, -0.1) is 11.3 Å². The number of hydrogen-bond acceptors (Lipinski definition) is 7. The number of carbonyl (C=O) groups excluding carboxylic acids is 2. The van der Waals surface area contributed by atoms with Crippen LogP contribution in [-0.4, -0.2) is 42.8 Å². The minimum atomic E-state index is -0.317. The van der Waals surface area contributed by atoms with Gasteiger partial charge in [0.1, 0.15) is 5.82 Å². The molecular weight excluding hydrogens is 426 g/mol. The van der Waals surface area contributed by atoms with Crippen molar-refractivity contribution in [3.63, 3.8) is 0 Å². The normalized spacial score (nSPS) is 13.2. The van der Waals surface area contributed by atoms with Gasteiger partial charge in [0, 0.05) is 37.0 Å². The molecule has 1 aliphatic heterocycles. The van der Waals surface area contributed by atoms with Gasteiger partial charge in [0.25, 0.3) is 17.4 Å². The van der Waals surface area contributed by atoms with E-state index in [2.05, 4.69) is 15.0 Å². The molecule has 0 spiro atoms. The average molecular weight is 446 g/mol. The summed E-state index contributed by atoms with van der Waals surface area (Å²) in [6.45, 7) is 2.50. The molecule has 32 heavy (non-hydrogen) atoms. The molecule has 1 aromatic carbocycles. The fraction of sp³-hybridized carbons (Fsp3) is 0.217. The molecule has 0 aliphatic carbocycles. The van der Waals surface area contributed by atoms with Gasteiger partial charge in [-0.3, -0.25) is 23.9 Å². The van der Waals surface area contributed by atoms with Crippen LogP contribution in [0.1, 0.15) is 37.1 Å². The van der Waals surface area contributed by atoms with E-state index in [9.17, 15) is 14.4 Å². The highest BCUT2D eigenvalue weighted by molar-refractivity contribution is 7.09. The van der Waals surface area contributed by atoms with Crippen LogP contribution in [0.25, 0.3) is 11.0 Å². The maximum Gasteiger partial charge on any atom is 0.280 e. The Kier molecular flexibility index (Phi) is 5.10. The summed E-state index contributed by atoms with van der Waals surface area (Å²) in [6.07, 6.45) is 2.48. The first-order valence-electron chi connectivity index (χ1n) is 10.2. The van der Waals surface area contributed by atoms with Gasteiger partial charge in [-0.05, 0) is 31.2 Å². The molecule has 0 N–H and O–H groups in total. The number of benzene rings is 1. The van der Waals surface area contributed by atoms with Gasteiger partial charge >= 0.3 is 0 Å². The number of pyridine rings is 1. The lowest BCUT2D eigenvalue weighted by atomic mass is 10.1. The predicted octanol–water partition coefficient (Wildman–Crippen LogP) is 2.64. The maximum atomic E-state index is 13.2. The van der Waals surface area contributed by atoms with Crippen LogP contribution < -0.4 is 5.56 Å². The molecule has 9 heteroatoms. The number of hydrogen-bond donors (Lipinski definition) is 0. The van der Waals surface area contributed by atoms with Crippen molar-refractivity contribution in [3.8, 4) is 0 Å². The Labute approximate surface area is 187 Å². The first-order valence-corrected chi connectivity index (χ1v) is 11.1. The van der Waals surface area contributed by atoms with Crippen molar-refractivity contribution in [2.45, 2.75) is 26.3 Å². The van der Waals surface area contributed by atoms with Crippen LogP contribution in [0, 0.1) is 6.92 Å². The second-order valence-corrected chi connectivity index (χ2v) is 8.46. The Morgan fingerprint density at radius 2 is 1.66 bits per heavy atom. The molecule has 0 radical (unpaired) electrons. The van der Waals surface area contributed by atoms with E-state index in [0.29, 0.717) is 41.0 Å². The van der Waals surface area contributed by atoms with E-state index in [1.165, 1.54) is 4.90 Å². The van der Waals surface area contributed by atoms with Crippen molar-refractivity contribution in [3.05, 3.63) is 86.0 Å². The molecule has 0 bridgehead atoms. The highest BCUT2D eigenvalue weighted by Crippen LogP contribution is 2.22. The number of rotatable bonds is 6. The molecule has 0 atom stereocenters. The van der Waals surface area contributed by atoms with Crippen LogP contribution in [0.2, 0.25) is 0 Å². The summed E-state index contributed by atoms with van der Waals surface area (Å²) in [5.41, 5.74) is 4.13. The van der Waals surface area contributed by atoms with Crippen molar-refractivity contribution in [2.75, 3.05) is 6.54 Å². The smallest absolute Gasteiger partial charge is 0.280 e. The summed E-state index contributed by atoms with van der Waals surface area (Å²) < 4.78 is 1.60. The third-order valence-corrected chi connectivity index (χ3v) is 6.63. The lowest BCUT2D eigenvalue weighted by Gasteiger charge is -2.17. The highest BCUT2D eigenvalue weighted by Gasteiger charge is 2.34. The number of nitrogens with zero attached hydrogens (tertiary/aromatic N) is 5. The number of imide groups is 1. The molecule has 4 aromatic rings. The zero-order valence-corrected chi connectivity index (χ0v) is 18.1. The fourth-order valence-corrected chi connectivity index (χ4v) is 4.72. The quantitative estimate of drug-likeness (QED) is 0.423. The van der Waals surface area contributed by atoms with Crippen LogP contribution in [0.5, 0.6) is 0 Å². The Balaban J connectivity index is 1.46. The Morgan fingerprint density at radius 3 is 2.34 bits per heavy atom. The summed E-state index contributed by atoms with van der Waals surface area (Å²) in [4.78, 5) is 54.1. The summed E-state index contributed by atoms with van der Waals surface area (Å²) in [7, 11) is 0. The fourth-order valence-electron chi connectivity index (χ4n) is 3.95. The summed E-state index contributed by atoms with van der Waals surface area (Å²) in [5, 5.41) is 0. The zero-order valence-electron chi connectivity index (χ0n) is 17.3. The Morgan fingerprint density at radius 1 is 0.906 bits per heavy atom. The SMILES string of the molecule is Cc1ncsc1CCn1c(CCN2C(=O)c3ccccc3C2=O)nc2cccnc2c1=O. The number of aryl methyl sites for hydroxylation is 2. The second-order valence-electron chi connectivity index (χ2n) is 7.52. The van der Waals surface area contributed by atoms with E-state index in [1.54, 1.807) is 64.0 Å². The van der Waals surface area contributed by atoms with Crippen molar-refractivity contribution in [1.29, 1.82) is 0 Å². The van der Waals surface area contributed by atoms with Gasteiger partial charge in [-0.1, -0.05) is 12.1 Å². The number of aromatic nitrogens is 4. The molecule has 0 saturated carbocycles. The average Bonchev–Trinajstić information content (AvgIpc) is 3.32. The third-order valence-electron chi connectivity index (χ3n) is 5.64. The maximum absolute atomic E-state index is 13.2. The first-order chi connectivity index (χ1) is 15.5. The Bertz CT molecular complexity index is 1390. The minimum Gasteiger partial charge on any atom is -0.294 e. The molecule has 1 aliphatic rings. The molecular formula is C23H19N5O3S. The summed E-state index contributed by atoms with van der Waals surface area (Å²) in [5.74, 6) is -0.112. The van der Waals surface area contributed by atoms with E-state index in [0.717, 1.165) is 10.6 Å². The van der Waals surface area contributed by atoms with Gasteiger partial charge in [0.15, 0.2) is 5.52 Å². The molecule has 2 amide bonds. The van der Waals surface area contributed by atoms with Crippen molar-refractivity contribution in [2.24, 2.45) is 0 Å². The standard InChI is InChI=1S/C23H19N5O3S/c1-14-18(32-13-25-14)8-11-27-19(26-17-7-4-10-24-20(17)23(27)31)9-12-28-21(29)15-5-2-3-6-16(15)22(28)30/h2-7,10,13H,8-9,11-12H2,1H3. The molecule has 0 saturated heterocycles. The van der Waals surface area contributed by atoms with Crippen molar-refractivity contribution >= 4 is 34.2 Å². The van der Waals surface area contributed by atoms with Gasteiger partial charge in [0.2, 0.25) is 0 Å². The lowest BCUT2D eigenvalue weighted by Crippen LogP contribution is -2.34. The molecule has 0 unspecified atom stereocenters. The molecule has 0 fully saturated rings. The van der Waals surface area contributed by atoms with Crippen molar-refractivity contribution in [1.82, 2.24) is 24.4 Å². The number of fused-ring (bicyclic) bond motifs is 2. The van der Waals surface area contributed by atoms with E-state index < -0.39 is 0 Å². The number of thiazole rings is 1. The van der Waals surface area contributed by atoms with Crippen LogP contribution in [0.15, 0.2) is 52.9 Å². The summed E-state index contributed by atoms with van der Waals surface area (Å²) >= 11 is 1.55. The Hall–Kier alpha value is -3.72. The van der Waals surface area contributed by atoms with Gasteiger partial charge < -0.3 is 0 Å². The predicted molar refractivity (Wildman–Crippen MR) is 120 cm³/mol. The summed E-state index contributed by atoms with van der Waals surface area (Å²) in [6, 6.07) is 10.3. The van der Waals surface area contributed by atoms with E-state index >= 15 is 0 Å². The van der Waals surface area contributed by atoms with Crippen LogP contribution >= 0.6 is 11.3 Å². The molecule has 8 nitrogen and oxygen atoms in total. The van der Waals surface area contributed by atoms with Gasteiger partial charge in [-0.25, -0.2) is 15.0 Å². The minimum absolute atomic E-state index is 0.143. The number of amides is 2.